The van der Waals surface area contributed by atoms with Gasteiger partial charge < -0.3 is 9.64 Å². The number of amides is 1. The lowest BCUT2D eigenvalue weighted by molar-refractivity contribution is -0.137. The summed E-state index contributed by atoms with van der Waals surface area (Å²) in [4.78, 5) is 22.0. The summed E-state index contributed by atoms with van der Waals surface area (Å²) < 4.78 is 43.7. The summed E-state index contributed by atoms with van der Waals surface area (Å²) in [6, 6.07) is 5.16. The Kier molecular flexibility index (Phi) is 4.61. The van der Waals surface area contributed by atoms with Crippen LogP contribution < -0.4 is 4.74 Å². The predicted octanol–water partition coefficient (Wildman–Crippen LogP) is 3.10. The van der Waals surface area contributed by atoms with E-state index in [2.05, 4.69) is 9.97 Å². The van der Waals surface area contributed by atoms with Crippen LogP contribution in [0.25, 0.3) is 0 Å². The van der Waals surface area contributed by atoms with Crippen LogP contribution in [0.15, 0.2) is 36.7 Å². The topological polar surface area (TPSA) is 55.3 Å². The third-order valence-electron chi connectivity index (χ3n) is 4.02. The molecule has 1 atom stereocenters. The van der Waals surface area contributed by atoms with E-state index < -0.39 is 17.8 Å². The SMILES string of the molecule is Cc1ncccc1C(=O)N1CC[C@H](Oc2cc(C(F)(F)F)ccn2)C1. The van der Waals surface area contributed by atoms with Gasteiger partial charge in [0, 0.05) is 37.1 Å². The fourth-order valence-corrected chi connectivity index (χ4v) is 2.71. The Balaban J connectivity index is 1.66. The van der Waals surface area contributed by atoms with Crippen LogP contribution in [0.4, 0.5) is 13.2 Å². The standard InChI is InChI=1S/C17H16F3N3O2/c1-11-14(3-2-6-21-11)16(24)23-8-5-13(10-23)25-15-9-12(4-7-22-15)17(18,19)20/h2-4,6-7,9,13H,5,8,10H2,1H3/t13-/m0/s1. The molecule has 0 unspecified atom stereocenters. The average molecular weight is 351 g/mol. The number of aromatic nitrogens is 2. The van der Waals surface area contributed by atoms with Crippen molar-refractivity contribution in [3.63, 3.8) is 0 Å². The molecule has 132 valence electrons. The van der Waals surface area contributed by atoms with Gasteiger partial charge in [-0.3, -0.25) is 9.78 Å². The highest BCUT2D eigenvalue weighted by Gasteiger charge is 2.32. The molecule has 8 heteroatoms. The summed E-state index contributed by atoms with van der Waals surface area (Å²) in [6.45, 7) is 2.52. The summed E-state index contributed by atoms with van der Waals surface area (Å²) in [7, 11) is 0. The van der Waals surface area contributed by atoms with E-state index in [-0.39, 0.29) is 11.8 Å². The molecule has 1 saturated heterocycles. The largest absolute Gasteiger partial charge is 0.472 e. The number of aryl methyl sites for hydroxylation is 1. The van der Waals surface area contributed by atoms with Crippen molar-refractivity contribution in [1.82, 2.24) is 14.9 Å². The number of hydrogen-bond donors (Lipinski definition) is 0. The molecule has 25 heavy (non-hydrogen) atoms. The van der Waals surface area contributed by atoms with Gasteiger partial charge in [-0.05, 0) is 25.1 Å². The number of pyridine rings is 2. The summed E-state index contributed by atoms with van der Waals surface area (Å²) in [6.07, 6.45) is -1.63. The van der Waals surface area contributed by atoms with Crippen molar-refractivity contribution < 1.29 is 22.7 Å². The van der Waals surface area contributed by atoms with Gasteiger partial charge >= 0.3 is 6.18 Å². The Bertz CT molecular complexity index is 780. The molecule has 2 aromatic rings. The van der Waals surface area contributed by atoms with Gasteiger partial charge in [-0.1, -0.05) is 0 Å². The molecule has 1 aliphatic rings. The minimum atomic E-state index is -4.45. The Labute approximate surface area is 142 Å². The van der Waals surface area contributed by atoms with Gasteiger partial charge in [-0.15, -0.1) is 0 Å². The van der Waals surface area contributed by atoms with E-state index in [4.69, 9.17) is 4.74 Å². The molecule has 1 amide bonds. The first-order valence-electron chi connectivity index (χ1n) is 7.75. The van der Waals surface area contributed by atoms with E-state index in [1.807, 2.05) is 0 Å². The van der Waals surface area contributed by atoms with Crippen molar-refractivity contribution in [3.05, 3.63) is 53.5 Å². The number of likely N-dealkylation sites (tertiary alicyclic amines) is 1. The smallest absolute Gasteiger partial charge is 0.416 e. The van der Waals surface area contributed by atoms with Crippen molar-refractivity contribution in [2.75, 3.05) is 13.1 Å². The fourth-order valence-electron chi connectivity index (χ4n) is 2.71. The molecule has 0 saturated carbocycles. The number of carbonyl (C=O) groups excluding carboxylic acids is 1. The molecule has 0 N–H and O–H groups in total. The average Bonchev–Trinajstić information content (AvgIpc) is 3.03. The van der Waals surface area contributed by atoms with Crippen molar-refractivity contribution in [3.8, 4) is 5.88 Å². The molecule has 0 spiro atoms. The van der Waals surface area contributed by atoms with Gasteiger partial charge in [0.15, 0.2) is 0 Å². The molecule has 2 aromatic heterocycles. The van der Waals surface area contributed by atoms with Gasteiger partial charge in [0.1, 0.15) is 6.10 Å². The van der Waals surface area contributed by atoms with Crippen molar-refractivity contribution in [2.45, 2.75) is 25.6 Å². The molecule has 3 rings (SSSR count). The zero-order valence-corrected chi connectivity index (χ0v) is 13.5. The van der Waals surface area contributed by atoms with E-state index in [1.165, 1.54) is 0 Å². The Morgan fingerprint density at radius 1 is 1.28 bits per heavy atom. The van der Waals surface area contributed by atoms with Crippen LogP contribution in [-0.2, 0) is 6.18 Å². The Hall–Kier alpha value is -2.64. The van der Waals surface area contributed by atoms with Gasteiger partial charge in [0.25, 0.3) is 5.91 Å². The van der Waals surface area contributed by atoms with Crippen molar-refractivity contribution in [2.24, 2.45) is 0 Å². The quantitative estimate of drug-likeness (QED) is 0.853. The minimum Gasteiger partial charge on any atom is -0.472 e. The summed E-state index contributed by atoms with van der Waals surface area (Å²) in [5.41, 5.74) is 0.339. The summed E-state index contributed by atoms with van der Waals surface area (Å²) >= 11 is 0. The van der Waals surface area contributed by atoms with E-state index in [0.29, 0.717) is 30.8 Å². The van der Waals surface area contributed by atoms with Crippen molar-refractivity contribution >= 4 is 5.91 Å². The third-order valence-corrected chi connectivity index (χ3v) is 4.02. The number of hydrogen-bond acceptors (Lipinski definition) is 4. The number of carbonyl (C=O) groups is 1. The number of alkyl halides is 3. The van der Waals surface area contributed by atoms with E-state index in [9.17, 15) is 18.0 Å². The fraction of sp³-hybridized carbons (Fsp3) is 0.353. The lowest BCUT2D eigenvalue weighted by Gasteiger charge is -2.18. The van der Waals surface area contributed by atoms with Crippen LogP contribution in [0.5, 0.6) is 5.88 Å². The minimum absolute atomic E-state index is 0.0910. The first kappa shape index (κ1) is 17.2. The second kappa shape index (κ2) is 6.70. The molecule has 0 radical (unpaired) electrons. The predicted molar refractivity (Wildman–Crippen MR) is 83.1 cm³/mol. The molecule has 0 bridgehead atoms. The highest BCUT2D eigenvalue weighted by Crippen LogP contribution is 2.31. The second-order valence-electron chi connectivity index (χ2n) is 5.80. The number of halogens is 3. The highest BCUT2D eigenvalue weighted by molar-refractivity contribution is 5.95. The van der Waals surface area contributed by atoms with E-state index in [1.54, 1.807) is 30.2 Å². The normalized spacial score (nSPS) is 17.6. The first-order chi connectivity index (χ1) is 11.8. The maximum absolute atomic E-state index is 12.7. The second-order valence-corrected chi connectivity index (χ2v) is 5.80. The maximum atomic E-state index is 12.7. The number of nitrogens with zero attached hydrogens (tertiary/aromatic N) is 3. The lowest BCUT2D eigenvalue weighted by Crippen LogP contribution is -2.31. The molecular weight excluding hydrogens is 335 g/mol. The number of rotatable bonds is 3. The van der Waals surface area contributed by atoms with E-state index in [0.717, 1.165) is 18.3 Å². The third kappa shape index (κ3) is 3.89. The van der Waals surface area contributed by atoms with E-state index >= 15 is 0 Å². The molecular formula is C17H16F3N3O2. The first-order valence-corrected chi connectivity index (χ1v) is 7.75. The Morgan fingerprint density at radius 2 is 2.08 bits per heavy atom. The van der Waals surface area contributed by atoms with Gasteiger partial charge in [-0.2, -0.15) is 13.2 Å². The van der Waals surface area contributed by atoms with Gasteiger partial charge in [0.05, 0.1) is 17.7 Å². The van der Waals surface area contributed by atoms with Crippen LogP contribution in [0, 0.1) is 6.92 Å². The lowest BCUT2D eigenvalue weighted by atomic mass is 10.2. The monoisotopic (exact) mass is 351 g/mol. The molecule has 5 nitrogen and oxygen atoms in total. The number of ether oxygens (including phenoxy) is 1. The van der Waals surface area contributed by atoms with Gasteiger partial charge in [-0.25, -0.2) is 4.98 Å². The maximum Gasteiger partial charge on any atom is 0.416 e. The molecule has 0 aliphatic carbocycles. The Morgan fingerprint density at radius 3 is 2.80 bits per heavy atom. The summed E-state index contributed by atoms with van der Waals surface area (Å²) in [5.74, 6) is -0.250. The van der Waals surface area contributed by atoms with Crippen molar-refractivity contribution in [1.29, 1.82) is 0 Å². The molecule has 1 aliphatic heterocycles. The van der Waals surface area contributed by atoms with Gasteiger partial charge in [0.2, 0.25) is 5.88 Å². The summed E-state index contributed by atoms with van der Waals surface area (Å²) in [5, 5.41) is 0. The zero-order valence-electron chi connectivity index (χ0n) is 13.5. The van der Waals surface area contributed by atoms with Crippen LogP contribution in [0.2, 0.25) is 0 Å². The zero-order chi connectivity index (χ0) is 18.0. The van der Waals surface area contributed by atoms with Crippen LogP contribution >= 0.6 is 0 Å². The molecule has 1 fully saturated rings. The van der Waals surface area contributed by atoms with Crippen LogP contribution in [-0.4, -0.2) is 40.0 Å². The highest BCUT2D eigenvalue weighted by atomic mass is 19.4. The van der Waals surface area contributed by atoms with Crippen LogP contribution in [0.1, 0.15) is 28.0 Å². The van der Waals surface area contributed by atoms with Crippen LogP contribution in [0.3, 0.4) is 0 Å². The molecule has 0 aromatic carbocycles. The molecule has 3 heterocycles.